The molecule has 150 valence electrons. The van der Waals surface area contributed by atoms with Crippen LogP contribution in [0.2, 0.25) is 0 Å². The van der Waals surface area contributed by atoms with Gasteiger partial charge in [0.25, 0.3) is 0 Å². The van der Waals surface area contributed by atoms with Crippen molar-refractivity contribution in [1.82, 2.24) is 25.6 Å². The molecule has 0 fully saturated rings. The molecule has 0 aliphatic carbocycles. The lowest BCUT2D eigenvalue weighted by atomic mass is 9.98. The zero-order chi connectivity index (χ0) is 21.0. The molecule has 0 radical (unpaired) electrons. The summed E-state index contributed by atoms with van der Waals surface area (Å²) in [7, 11) is 0. The first-order valence-corrected chi connectivity index (χ1v) is 9.87. The fourth-order valence-corrected chi connectivity index (χ4v) is 3.39. The van der Waals surface area contributed by atoms with Crippen LogP contribution in [0.15, 0.2) is 91.5 Å². The van der Waals surface area contributed by atoms with E-state index in [0.29, 0.717) is 12.4 Å². The maximum Gasteiger partial charge on any atom is 0.204 e. The molecule has 2 heterocycles. The van der Waals surface area contributed by atoms with Crippen molar-refractivity contribution in [2.45, 2.75) is 6.61 Å². The van der Waals surface area contributed by atoms with Crippen molar-refractivity contribution in [3.63, 3.8) is 0 Å². The third-order valence-corrected chi connectivity index (χ3v) is 5.06. The fraction of sp³-hybridized carbons (Fsp3) is 0.0400. The smallest absolute Gasteiger partial charge is 0.204 e. The van der Waals surface area contributed by atoms with Crippen molar-refractivity contribution in [1.29, 1.82) is 0 Å². The minimum Gasteiger partial charge on any atom is -0.487 e. The van der Waals surface area contributed by atoms with Gasteiger partial charge in [-0.2, -0.15) is 5.21 Å². The van der Waals surface area contributed by atoms with Gasteiger partial charge in [0.2, 0.25) is 5.82 Å². The van der Waals surface area contributed by atoms with Crippen molar-refractivity contribution < 1.29 is 4.74 Å². The average Bonchev–Trinajstić information content (AvgIpc) is 3.38. The van der Waals surface area contributed by atoms with Gasteiger partial charge < -0.3 is 4.74 Å². The quantitative estimate of drug-likeness (QED) is 0.427. The van der Waals surface area contributed by atoms with Crippen LogP contribution in [0.25, 0.3) is 27.9 Å². The number of fused-ring (bicyclic) bond motifs is 1. The largest absolute Gasteiger partial charge is 0.487 e. The van der Waals surface area contributed by atoms with E-state index in [1.54, 1.807) is 0 Å². The number of aromatic nitrogens is 5. The van der Waals surface area contributed by atoms with Gasteiger partial charge in [0.1, 0.15) is 12.4 Å². The number of hydrogen-bond donors (Lipinski definition) is 1. The van der Waals surface area contributed by atoms with Gasteiger partial charge in [0.05, 0.1) is 11.2 Å². The van der Waals surface area contributed by atoms with E-state index in [1.807, 2.05) is 72.8 Å². The van der Waals surface area contributed by atoms with Gasteiger partial charge in [-0.1, -0.05) is 61.2 Å². The molecule has 0 spiro atoms. The Morgan fingerprint density at radius 1 is 0.871 bits per heavy atom. The number of rotatable bonds is 6. The SMILES string of the molecule is C=C(c1ccc(OCc2ccc3ccccc3n2)cc1)c1cccc(-c2nn[nH]n2)c1. The molecule has 31 heavy (non-hydrogen) atoms. The summed E-state index contributed by atoms with van der Waals surface area (Å²) < 4.78 is 5.93. The monoisotopic (exact) mass is 405 g/mol. The van der Waals surface area contributed by atoms with Crippen LogP contribution in [0.1, 0.15) is 16.8 Å². The molecule has 0 amide bonds. The summed E-state index contributed by atoms with van der Waals surface area (Å²) in [5.41, 5.74) is 5.67. The summed E-state index contributed by atoms with van der Waals surface area (Å²) in [5.74, 6) is 1.34. The number of nitrogens with one attached hydrogen (secondary N) is 1. The molecule has 3 aromatic carbocycles. The Labute approximate surface area is 179 Å². The molecule has 5 rings (SSSR count). The molecule has 0 unspecified atom stereocenters. The van der Waals surface area contributed by atoms with Crippen LogP contribution in [0, 0.1) is 0 Å². The fourth-order valence-electron chi connectivity index (χ4n) is 3.39. The Bertz CT molecular complexity index is 1340. The van der Waals surface area contributed by atoms with E-state index in [-0.39, 0.29) is 0 Å². The van der Waals surface area contributed by atoms with Gasteiger partial charge in [-0.15, -0.1) is 10.2 Å². The van der Waals surface area contributed by atoms with E-state index in [9.17, 15) is 0 Å². The minimum atomic E-state index is 0.415. The van der Waals surface area contributed by atoms with E-state index in [2.05, 4.69) is 44.3 Å². The standard InChI is InChI=1S/C25H19N5O/c1-17(20-6-4-7-21(15-20)25-27-29-30-28-25)18-10-13-23(14-11-18)31-16-22-12-9-19-5-2-3-8-24(19)26-22/h2-15H,1,16H2,(H,27,28,29,30). The number of benzene rings is 3. The molecule has 0 atom stereocenters. The van der Waals surface area contributed by atoms with Crippen molar-refractivity contribution in [2.75, 3.05) is 0 Å². The lowest BCUT2D eigenvalue weighted by Gasteiger charge is -2.10. The predicted octanol–water partition coefficient (Wildman–Crippen LogP) is 5.06. The minimum absolute atomic E-state index is 0.415. The second kappa shape index (κ2) is 8.20. The Morgan fingerprint density at radius 3 is 2.58 bits per heavy atom. The van der Waals surface area contributed by atoms with Gasteiger partial charge >= 0.3 is 0 Å². The van der Waals surface area contributed by atoms with E-state index in [1.165, 1.54) is 0 Å². The van der Waals surface area contributed by atoms with Crippen LogP contribution >= 0.6 is 0 Å². The number of para-hydroxylation sites is 1. The van der Waals surface area contributed by atoms with E-state index in [0.717, 1.165) is 44.6 Å². The van der Waals surface area contributed by atoms with Crippen molar-refractivity contribution in [3.8, 4) is 17.1 Å². The molecule has 0 aliphatic rings. The van der Waals surface area contributed by atoms with Gasteiger partial charge in [-0.3, -0.25) is 0 Å². The first-order chi connectivity index (χ1) is 15.3. The second-order valence-corrected chi connectivity index (χ2v) is 7.10. The number of nitrogens with zero attached hydrogens (tertiary/aromatic N) is 4. The zero-order valence-corrected chi connectivity index (χ0v) is 16.7. The van der Waals surface area contributed by atoms with Crippen molar-refractivity contribution in [3.05, 3.63) is 108 Å². The third-order valence-electron chi connectivity index (χ3n) is 5.06. The van der Waals surface area contributed by atoms with E-state index >= 15 is 0 Å². The molecule has 0 saturated carbocycles. The summed E-state index contributed by atoms with van der Waals surface area (Å²) in [6, 6.07) is 28.0. The zero-order valence-electron chi connectivity index (χ0n) is 16.7. The highest BCUT2D eigenvalue weighted by Crippen LogP contribution is 2.26. The van der Waals surface area contributed by atoms with Gasteiger partial charge in [0.15, 0.2) is 0 Å². The molecule has 6 heteroatoms. The predicted molar refractivity (Wildman–Crippen MR) is 120 cm³/mol. The molecule has 5 aromatic rings. The number of hydrogen-bond acceptors (Lipinski definition) is 5. The van der Waals surface area contributed by atoms with Gasteiger partial charge in [-0.25, -0.2) is 4.98 Å². The van der Waals surface area contributed by atoms with Gasteiger partial charge in [0, 0.05) is 10.9 Å². The molecule has 0 bridgehead atoms. The Morgan fingerprint density at radius 2 is 1.74 bits per heavy atom. The van der Waals surface area contributed by atoms with E-state index < -0.39 is 0 Å². The number of tetrazole rings is 1. The maximum absolute atomic E-state index is 5.93. The topological polar surface area (TPSA) is 76.6 Å². The molecule has 0 saturated heterocycles. The lowest BCUT2D eigenvalue weighted by Crippen LogP contribution is -1.98. The second-order valence-electron chi connectivity index (χ2n) is 7.10. The normalized spacial score (nSPS) is 10.8. The van der Waals surface area contributed by atoms with Crippen molar-refractivity contribution in [2.24, 2.45) is 0 Å². The Kier molecular flexibility index (Phi) is 4.94. The molecular weight excluding hydrogens is 386 g/mol. The summed E-state index contributed by atoms with van der Waals surface area (Å²) in [6.45, 7) is 4.67. The van der Waals surface area contributed by atoms with Crippen LogP contribution in [0.3, 0.4) is 0 Å². The first kappa shape index (κ1) is 18.7. The summed E-state index contributed by atoms with van der Waals surface area (Å²) in [4.78, 5) is 4.65. The summed E-state index contributed by atoms with van der Waals surface area (Å²) in [6.07, 6.45) is 0. The third kappa shape index (κ3) is 4.04. The van der Waals surface area contributed by atoms with Crippen molar-refractivity contribution >= 4 is 16.5 Å². The van der Waals surface area contributed by atoms with Crippen LogP contribution in [-0.2, 0) is 6.61 Å². The summed E-state index contributed by atoms with van der Waals surface area (Å²) >= 11 is 0. The number of H-pyrrole nitrogens is 1. The van der Waals surface area contributed by atoms with Crippen LogP contribution in [0.5, 0.6) is 5.75 Å². The highest BCUT2D eigenvalue weighted by molar-refractivity contribution is 5.80. The van der Waals surface area contributed by atoms with Crippen LogP contribution in [0.4, 0.5) is 0 Å². The Balaban J connectivity index is 1.28. The number of pyridine rings is 1. The average molecular weight is 405 g/mol. The molecule has 0 aliphatic heterocycles. The lowest BCUT2D eigenvalue weighted by molar-refractivity contribution is 0.302. The number of ether oxygens (including phenoxy) is 1. The number of aromatic amines is 1. The molecule has 2 aromatic heterocycles. The molecular formula is C25H19N5O. The molecule has 1 N–H and O–H groups in total. The van der Waals surface area contributed by atoms with Crippen LogP contribution < -0.4 is 4.74 Å². The van der Waals surface area contributed by atoms with Gasteiger partial charge in [-0.05, 0) is 52.2 Å². The molecule has 6 nitrogen and oxygen atoms in total. The highest BCUT2D eigenvalue weighted by atomic mass is 16.5. The van der Waals surface area contributed by atoms with Crippen LogP contribution in [-0.4, -0.2) is 25.6 Å². The summed E-state index contributed by atoms with van der Waals surface area (Å²) in [5, 5.41) is 15.3. The van der Waals surface area contributed by atoms with E-state index in [4.69, 9.17) is 4.74 Å². The maximum atomic E-state index is 5.93. The first-order valence-electron chi connectivity index (χ1n) is 9.87. The Hall–Kier alpha value is -4.32. The highest BCUT2D eigenvalue weighted by Gasteiger charge is 2.08.